The van der Waals surface area contributed by atoms with Gasteiger partial charge in [-0.25, -0.2) is 0 Å². The van der Waals surface area contributed by atoms with Gasteiger partial charge in [-0.3, -0.25) is 0 Å². The van der Waals surface area contributed by atoms with Gasteiger partial charge in [0.25, 0.3) is 0 Å². The van der Waals surface area contributed by atoms with Crippen LogP contribution in [0.15, 0.2) is 18.2 Å². The topological polar surface area (TPSA) is 45.0 Å². The zero-order valence-electron chi connectivity index (χ0n) is 11.1. The van der Waals surface area contributed by atoms with E-state index in [4.69, 9.17) is 10.00 Å². The van der Waals surface area contributed by atoms with Crippen LogP contribution in [-0.4, -0.2) is 13.2 Å². The Morgan fingerprint density at radius 1 is 1.50 bits per heavy atom. The summed E-state index contributed by atoms with van der Waals surface area (Å²) in [6.45, 7) is 2.19. The van der Waals surface area contributed by atoms with Crippen molar-refractivity contribution in [1.29, 1.82) is 5.26 Å². The summed E-state index contributed by atoms with van der Waals surface area (Å²) in [6.07, 6.45) is 5.01. The van der Waals surface area contributed by atoms with Gasteiger partial charge in [0.2, 0.25) is 0 Å². The molecule has 0 amide bonds. The molecule has 0 heterocycles. The maximum Gasteiger partial charge on any atom is 0.121 e. The number of rotatable bonds is 6. The van der Waals surface area contributed by atoms with Gasteiger partial charge in [0.05, 0.1) is 18.4 Å². The highest BCUT2D eigenvalue weighted by Gasteiger charge is 2.25. The Labute approximate surface area is 109 Å². The van der Waals surface area contributed by atoms with E-state index in [9.17, 15) is 0 Å². The molecule has 1 aromatic rings. The summed E-state index contributed by atoms with van der Waals surface area (Å²) in [5, 5.41) is 12.6. The van der Waals surface area contributed by atoms with Gasteiger partial charge in [-0.05, 0) is 30.9 Å². The molecule has 0 radical (unpaired) electrons. The highest BCUT2D eigenvalue weighted by atomic mass is 16.5. The van der Waals surface area contributed by atoms with Gasteiger partial charge in [0.15, 0.2) is 0 Å². The second-order valence-electron chi connectivity index (χ2n) is 4.95. The van der Waals surface area contributed by atoms with Crippen LogP contribution in [0.25, 0.3) is 0 Å². The van der Waals surface area contributed by atoms with Crippen molar-refractivity contribution in [1.82, 2.24) is 0 Å². The van der Waals surface area contributed by atoms with Gasteiger partial charge in [-0.1, -0.05) is 19.8 Å². The second-order valence-corrected chi connectivity index (χ2v) is 4.95. The van der Waals surface area contributed by atoms with E-state index in [1.165, 1.54) is 19.3 Å². The number of benzene rings is 1. The van der Waals surface area contributed by atoms with Crippen LogP contribution in [0.5, 0.6) is 5.75 Å². The monoisotopic (exact) mass is 244 g/mol. The summed E-state index contributed by atoms with van der Waals surface area (Å²) in [6, 6.07) is 8.23. The molecule has 1 aliphatic carbocycles. The third kappa shape index (κ3) is 3.16. The Balaban J connectivity index is 2.11. The first-order chi connectivity index (χ1) is 8.76. The average Bonchev–Trinajstić information content (AvgIpc) is 3.21. The molecule has 3 heteroatoms. The maximum atomic E-state index is 9.13. The molecule has 0 spiro atoms. The van der Waals surface area contributed by atoms with Crippen LogP contribution in [0, 0.1) is 17.2 Å². The largest absolute Gasteiger partial charge is 0.497 e. The lowest BCUT2D eigenvalue weighted by atomic mass is 10.1. The molecule has 1 fully saturated rings. The lowest BCUT2D eigenvalue weighted by Crippen LogP contribution is -2.19. The number of anilines is 1. The van der Waals surface area contributed by atoms with Crippen LogP contribution < -0.4 is 10.1 Å². The average molecular weight is 244 g/mol. The summed E-state index contributed by atoms with van der Waals surface area (Å²) in [4.78, 5) is 0. The smallest absolute Gasteiger partial charge is 0.121 e. The molecule has 96 valence electrons. The number of nitrogens with one attached hydrogen (secondary N) is 1. The number of hydrogen-bond acceptors (Lipinski definition) is 3. The zero-order valence-corrected chi connectivity index (χ0v) is 11.1. The Kier molecular flexibility index (Phi) is 4.09. The van der Waals surface area contributed by atoms with E-state index >= 15 is 0 Å². The molecule has 18 heavy (non-hydrogen) atoms. The van der Waals surface area contributed by atoms with Gasteiger partial charge < -0.3 is 10.1 Å². The number of hydrogen-bond donors (Lipinski definition) is 1. The first kappa shape index (κ1) is 12.8. The van der Waals surface area contributed by atoms with Gasteiger partial charge in [0.1, 0.15) is 11.8 Å². The summed E-state index contributed by atoms with van der Waals surface area (Å²) in [5.74, 6) is 1.68. The van der Waals surface area contributed by atoms with Gasteiger partial charge in [-0.15, -0.1) is 0 Å². The first-order valence-electron chi connectivity index (χ1n) is 6.61. The van der Waals surface area contributed by atoms with Crippen LogP contribution >= 0.6 is 0 Å². The van der Waals surface area contributed by atoms with Gasteiger partial charge >= 0.3 is 0 Å². The summed E-state index contributed by atoms with van der Waals surface area (Å²) in [7, 11) is 1.65. The molecule has 1 aliphatic rings. The summed E-state index contributed by atoms with van der Waals surface area (Å²) in [5.41, 5.74) is 1.58. The minimum atomic E-state index is 0.455. The molecule has 3 nitrogen and oxygen atoms in total. The van der Waals surface area contributed by atoms with E-state index < -0.39 is 0 Å². The SMILES string of the molecule is CCC(CC1CC1)Nc1cc(OC)ccc1C#N. The van der Waals surface area contributed by atoms with Crippen LogP contribution in [-0.2, 0) is 0 Å². The van der Waals surface area contributed by atoms with Crippen molar-refractivity contribution < 1.29 is 4.74 Å². The van der Waals surface area contributed by atoms with Gasteiger partial charge in [0, 0.05) is 12.1 Å². The molecule has 0 aromatic heterocycles. The zero-order chi connectivity index (χ0) is 13.0. The first-order valence-corrected chi connectivity index (χ1v) is 6.61. The normalized spacial score (nSPS) is 15.8. The Morgan fingerprint density at radius 3 is 2.83 bits per heavy atom. The summed E-state index contributed by atoms with van der Waals surface area (Å²) < 4.78 is 5.21. The molecule has 0 bridgehead atoms. The Bertz CT molecular complexity index is 446. The fourth-order valence-electron chi connectivity index (χ4n) is 2.17. The van der Waals surface area contributed by atoms with Crippen molar-refractivity contribution >= 4 is 5.69 Å². The van der Waals surface area contributed by atoms with Crippen LogP contribution in [0.1, 0.15) is 38.2 Å². The van der Waals surface area contributed by atoms with Crippen molar-refractivity contribution in [2.45, 2.75) is 38.6 Å². The molecule has 2 rings (SSSR count). The number of methoxy groups -OCH3 is 1. The fourth-order valence-corrected chi connectivity index (χ4v) is 2.17. The van der Waals surface area contributed by atoms with E-state index in [1.807, 2.05) is 18.2 Å². The molecule has 1 atom stereocenters. The van der Waals surface area contributed by atoms with E-state index in [1.54, 1.807) is 7.11 Å². The van der Waals surface area contributed by atoms with Crippen molar-refractivity contribution in [3.05, 3.63) is 23.8 Å². The minimum absolute atomic E-state index is 0.455. The molecule has 1 N–H and O–H groups in total. The van der Waals surface area contributed by atoms with Gasteiger partial charge in [-0.2, -0.15) is 5.26 Å². The molecule has 1 aromatic carbocycles. The van der Waals surface area contributed by atoms with E-state index in [0.29, 0.717) is 11.6 Å². The molecular weight excluding hydrogens is 224 g/mol. The van der Waals surface area contributed by atoms with Crippen molar-refractivity contribution in [3.8, 4) is 11.8 Å². The van der Waals surface area contributed by atoms with Crippen molar-refractivity contribution in [3.63, 3.8) is 0 Å². The lowest BCUT2D eigenvalue weighted by Gasteiger charge is -2.19. The third-order valence-electron chi connectivity index (χ3n) is 3.51. The van der Waals surface area contributed by atoms with Crippen LogP contribution in [0.2, 0.25) is 0 Å². The summed E-state index contributed by atoms with van der Waals surface area (Å²) >= 11 is 0. The van der Waals surface area contributed by atoms with Crippen LogP contribution in [0.4, 0.5) is 5.69 Å². The molecule has 1 unspecified atom stereocenters. The highest BCUT2D eigenvalue weighted by Crippen LogP contribution is 2.35. The van der Waals surface area contributed by atoms with Crippen LogP contribution in [0.3, 0.4) is 0 Å². The molecular formula is C15H20N2O. The molecule has 1 saturated carbocycles. The third-order valence-corrected chi connectivity index (χ3v) is 3.51. The van der Waals surface area contributed by atoms with E-state index in [2.05, 4.69) is 18.3 Å². The highest BCUT2D eigenvalue weighted by molar-refractivity contribution is 5.60. The van der Waals surface area contributed by atoms with Crippen molar-refractivity contribution in [2.75, 3.05) is 12.4 Å². The second kappa shape index (κ2) is 5.77. The van der Waals surface area contributed by atoms with E-state index in [0.717, 1.165) is 23.8 Å². The quantitative estimate of drug-likeness (QED) is 0.832. The Hall–Kier alpha value is -1.69. The van der Waals surface area contributed by atoms with E-state index in [-0.39, 0.29) is 0 Å². The predicted octanol–water partition coefficient (Wildman–Crippen LogP) is 3.56. The predicted molar refractivity (Wildman–Crippen MR) is 72.8 cm³/mol. The van der Waals surface area contributed by atoms with Crippen molar-refractivity contribution in [2.24, 2.45) is 5.92 Å². The number of ether oxygens (including phenoxy) is 1. The molecule has 0 saturated heterocycles. The Morgan fingerprint density at radius 2 is 2.28 bits per heavy atom. The standard InChI is InChI=1S/C15H20N2O/c1-3-13(8-11-4-5-11)17-15-9-14(18-2)7-6-12(15)10-16/h6-7,9,11,13,17H,3-5,8H2,1-2H3. The number of nitriles is 1. The lowest BCUT2D eigenvalue weighted by molar-refractivity contribution is 0.415. The number of nitrogens with zero attached hydrogens (tertiary/aromatic N) is 1. The fraction of sp³-hybridized carbons (Fsp3) is 0.533. The molecule has 0 aliphatic heterocycles. The maximum absolute atomic E-state index is 9.13. The minimum Gasteiger partial charge on any atom is -0.497 e.